The highest BCUT2D eigenvalue weighted by atomic mass is 16.5. The smallest absolute Gasteiger partial charge is 0.275 e. The maximum Gasteiger partial charge on any atom is 0.275 e. The standard InChI is InChI=1S/C21H20N2O5/c1-26-17-10-13(11-18(27-2)20(17)28-3)12-22-23-21(25)16-9-8-14-6-4-5-7-15(14)19(16)24/h4-12,24H,1-3H3,(H,23,25)/b22-12-. The summed E-state index contributed by atoms with van der Waals surface area (Å²) in [4.78, 5) is 12.4. The van der Waals surface area contributed by atoms with Gasteiger partial charge in [0.05, 0.1) is 33.1 Å². The van der Waals surface area contributed by atoms with Crippen LogP contribution in [-0.2, 0) is 0 Å². The number of phenolic OH excluding ortho intramolecular Hbond substituents is 1. The van der Waals surface area contributed by atoms with Gasteiger partial charge in [-0.15, -0.1) is 0 Å². The molecule has 0 aromatic heterocycles. The highest BCUT2D eigenvalue weighted by molar-refractivity contribution is 6.03. The average molecular weight is 380 g/mol. The van der Waals surface area contributed by atoms with Crippen LogP contribution in [-0.4, -0.2) is 38.6 Å². The van der Waals surface area contributed by atoms with Gasteiger partial charge in [0.25, 0.3) is 5.91 Å². The van der Waals surface area contributed by atoms with Crippen molar-refractivity contribution < 1.29 is 24.1 Å². The van der Waals surface area contributed by atoms with Crippen LogP contribution in [0.3, 0.4) is 0 Å². The highest BCUT2D eigenvalue weighted by Gasteiger charge is 2.14. The van der Waals surface area contributed by atoms with Gasteiger partial charge in [-0.2, -0.15) is 5.10 Å². The van der Waals surface area contributed by atoms with Crippen molar-refractivity contribution in [3.8, 4) is 23.0 Å². The third-order valence-corrected chi connectivity index (χ3v) is 4.21. The van der Waals surface area contributed by atoms with Gasteiger partial charge < -0.3 is 19.3 Å². The first-order chi connectivity index (χ1) is 13.6. The Balaban J connectivity index is 1.81. The van der Waals surface area contributed by atoms with E-state index in [4.69, 9.17) is 14.2 Å². The van der Waals surface area contributed by atoms with Crippen LogP contribution in [0.4, 0.5) is 0 Å². The second-order valence-electron chi connectivity index (χ2n) is 5.84. The number of rotatable bonds is 6. The summed E-state index contributed by atoms with van der Waals surface area (Å²) in [6.07, 6.45) is 1.44. The molecule has 0 unspecified atom stereocenters. The van der Waals surface area contributed by atoms with Crippen molar-refractivity contribution in [2.24, 2.45) is 5.10 Å². The summed E-state index contributed by atoms with van der Waals surface area (Å²) >= 11 is 0. The predicted octanol–water partition coefficient (Wildman–Crippen LogP) is 3.34. The number of nitrogens with one attached hydrogen (secondary N) is 1. The SMILES string of the molecule is COc1cc(/C=N\NC(=O)c2ccc3ccccc3c2O)cc(OC)c1OC. The van der Waals surface area contributed by atoms with Gasteiger partial charge in [-0.05, 0) is 23.6 Å². The number of methoxy groups -OCH3 is 3. The number of carbonyl (C=O) groups excluding carboxylic acids is 1. The summed E-state index contributed by atoms with van der Waals surface area (Å²) in [5.41, 5.74) is 3.19. The molecule has 0 atom stereocenters. The monoisotopic (exact) mass is 380 g/mol. The maximum atomic E-state index is 12.4. The number of phenols is 1. The Morgan fingerprint density at radius 3 is 2.32 bits per heavy atom. The molecule has 0 fully saturated rings. The number of nitrogens with zero attached hydrogens (tertiary/aromatic N) is 1. The molecule has 7 heteroatoms. The number of aromatic hydroxyl groups is 1. The topological polar surface area (TPSA) is 89.4 Å². The van der Waals surface area contributed by atoms with E-state index < -0.39 is 5.91 Å². The van der Waals surface area contributed by atoms with E-state index in [9.17, 15) is 9.90 Å². The molecule has 3 aromatic rings. The molecule has 3 aromatic carbocycles. The summed E-state index contributed by atoms with van der Waals surface area (Å²) < 4.78 is 15.8. The van der Waals surface area contributed by atoms with Gasteiger partial charge in [-0.1, -0.05) is 30.3 Å². The summed E-state index contributed by atoms with van der Waals surface area (Å²) in [7, 11) is 4.55. The van der Waals surface area contributed by atoms with Gasteiger partial charge in [0, 0.05) is 10.9 Å². The Kier molecular flexibility index (Phi) is 5.64. The fourth-order valence-corrected chi connectivity index (χ4v) is 2.84. The average Bonchev–Trinajstić information content (AvgIpc) is 2.73. The number of hydrazone groups is 1. The fraction of sp³-hybridized carbons (Fsp3) is 0.143. The molecule has 144 valence electrons. The molecule has 0 aliphatic rings. The van der Waals surface area contributed by atoms with E-state index >= 15 is 0 Å². The molecule has 0 saturated heterocycles. The zero-order valence-corrected chi connectivity index (χ0v) is 15.7. The Morgan fingerprint density at radius 2 is 1.68 bits per heavy atom. The minimum Gasteiger partial charge on any atom is -0.506 e. The molecule has 0 spiro atoms. The molecule has 28 heavy (non-hydrogen) atoms. The van der Waals surface area contributed by atoms with Crippen LogP contribution in [0, 0.1) is 0 Å². The second-order valence-corrected chi connectivity index (χ2v) is 5.84. The Labute approximate surface area is 162 Å². The number of fused-ring (bicyclic) bond motifs is 1. The Morgan fingerprint density at radius 1 is 1.00 bits per heavy atom. The highest BCUT2D eigenvalue weighted by Crippen LogP contribution is 2.37. The van der Waals surface area contributed by atoms with Crippen molar-refractivity contribution in [3.05, 3.63) is 59.7 Å². The van der Waals surface area contributed by atoms with Crippen molar-refractivity contribution >= 4 is 22.9 Å². The first-order valence-electron chi connectivity index (χ1n) is 8.43. The molecule has 3 rings (SSSR count). The lowest BCUT2D eigenvalue weighted by atomic mass is 10.1. The number of ether oxygens (including phenoxy) is 3. The van der Waals surface area contributed by atoms with Crippen molar-refractivity contribution in [1.29, 1.82) is 0 Å². The lowest BCUT2D eigenvalue weighted by Gasteiger charge is -2.12. The Bertz CT molecular complexity index is 1020. The Hall–Kier alpha value is -3.74. The lowest BCUT2D eigenvalue weighted by molar-refractivity contribution is 0.0952. The normalized spacial score (nSPS) is 10.8. The van der Waals surface area contributed by atoms with Crippen LogP contribution >= 0.6 is 0 Å². The van der Waals surface area contributed by atoms with Gasteiger partial charge in [0.2, 0.25) is 5.75 Å². The minimum absolute atomic E-state index is 0.0846. The van der Waals surface area contributed by atoms with Gasteiger partial charge in [0.1, 0.15) is 5.75 Å². The summed E-state index contributed by atoms with van der Waals surface area (Å²) in [6.45, 7) is 0. The van der Waals surface area contributed by atoms with Crippen molar-refractivity contribution in [2.45, 2.75) is 0 Å². The summed E-state index contributed by atoms with van der Waals surface area (Å²) in [5.74, 6) is 0.807. The van der Waals surface area contributed by atoms with E-state index in [0.717, 1.165) is 5.39 Å². The lowest BCUT2D eigenvalue weighted by Crippen LogP contribution is -2.17. The van der Waals surface area contributed by atoms with Gasteiger partial charge in [-0.3, -0.25) is 4.79 Å². The van der Waals surface area contributed by atoms with E-state index in [2.05, 4.69) is 10.5 Å². The molecule has 0 heterocycles. The molecule has 7 nitrogen and oxygen atoms in total. The van der Waals surface area contributed by atoms with Gasteiger partial charge in [0.15, 0.2) is 11.5 Å². The predicted molar refractivity (Wildman–Crippen MR) is 107 cm³/mol. The van der Waals surface area contributed by atoms with E-state index in [1.165, 1.54) is 27.5 Å². The summed E-state index contributed by atoms with van der Waals surface area (Å²) in [5, 5.41) is 15.8. The third-order valence-electron chi connectivity index (χ3n) is 4.21. The van der Waals surface area contributed by atoms with Crippen LogP contribution in [0.2, 0.25) is 0 Å². The first kappa shape index (κ1) is 19.0. The third kappa shape index (κ3) is 3.68. The molecule has 0 radical (unpaired) electrons. The molecule has 2 N–H and O–H groups in total. The molecule has 0 aliphatic heterocycles. The van der Waals surface area contributed by atoms with Crippen LogP contribution in [0.1, 0.15) is 15.9 Å². The van der Waals surface area contributed by atoms with Crippen LogP contribution in [0.15, 0.2) is 53.6 Å². The number of hydrogen-bond donors (Lipinski definition) is 2. The summed E-state index contributed by atoms with van der Waals surface area (Å²) in [6, 6.07) is 14.0. The number of amides is 1. The van der Waals surface area contributed by atoms with Gasteiger partial charge in [-0.25, -0.2) is 5.43 Å². The van der Waals surface area contributed by atoms with Crippen molar-refractivity contribution in [3.63, 3.8) is 0 Å². The van der Waals surface area contributed by atoms with E-state index in [1.807, 2.05) is 12.1 Å². The largest absolute Gasteiger partial charge is 0.506 e. The number of carbonyl (C=O) groups is 1. The van der Waals surface area contributed by atoms with Crippen LogP contribution < -0.4 is 19.6 Å². The molecule has 1 amide bonds. The minimum atomic E-state index is -0.521. The number of benzene rings is 3. The molecular formula is C21H20N2O5. The van der Waals surface area contributed by atoms with Crippen molar-refractivity contribution in [2.75, 3.05) is 21.3 Å². The molecular weight excluding hydrogens is 360 g/mol. The second kappa shape index (κ2) is 8.30. The van der Waals surface area contributed by atoms with Crippen LogP contribution in [0.5, 0.6) is 23.0 Å². The zero-order valence-electron chi connectivity index (χ0n) is 15.7. The zero-order chi connectivity index (χ0) is 20.1. The van der Waals surface area contributed by atoms with Crippen LogP contribution in [0.25, 0.3) is 10.8 Å². The molecule has 0 saturated carbocycles. The number of hydrogen-bond acceptors (Lipinski definition) is 6. The van der Waals surface area contributed by atoms with Crippen molar-refractivity contribution in [1.82, 2.24) is 5.43 Å². The van der Waals surface area contributed by atoms with Gasteiger partial charge >= 0.3 is 0 Å². The maximum absolute atomic E-state index is 12.4. The van der Waals surface area contributed by atoms with E-state index in [1.54, 1.807) is 36.4 Å². The molecule has 0 bridgehead atoms. The fourth-order valence-electron chi connectivity index (χ4n) is 2.84. The van der Waals surface area contributed by atoms with E-state index in [-0.39, 0.29) is 11.3 Å². The molecule has 0 aliphatic carbocycles. The quantitative estimate of drug-likeness (QED) is 0.506. The van der Waals surface area contributed by atoms with E-state index in [0.29, 0.717) is 28.2 Å². The first-order valence-corrected chi connectivity index (χ1v) is 8.43.